The molecule has 0 bridgehead atoms. The highest BCUT2D eigenvalue weighted by atomic mass is 32.1. The van der Waals surface area contributed by atoms with Crippen molar-refractivity contribution in [2.24, 2.45) is 0 Å². The van der Waals surface area contributed by atoms with Crippen LogP contribution in [0.15, 0.2) is 372 Å². The second-order valence-corrected chi connectivity index (χ2v) is 18.6. The van der Waals surface area contributed by atoms with Crippen LogP contribution >= 0.6 is 45.5 Å². The largest absolute Gasteiger partial charge is 0.473 e. The van der Waals surface area contributed by atoms with Gasteiger partial charge in [0.2, 0.25) is 0 Å². The maximum Gasteiger partial charge on any atom is 0.180 e. The van der Waals surface area contributed by atoms with Crippen molar-refractivity contribution in [1.82, 2.24) is 84.5 Å². The number of pyridine rings is 1. The van der Waals surface area contributed by atoms with E-state index in [4.69, 9.17) is 0 Å². The third kappa shape index (κ3) is 41.2. The van der Waals surface area contributed by atoms with E-state index in [0.717, 1.165) is 11.0 Å². The third-order valence-corrected chi connectivity index (χ3v) is 11.7. The number of furan rings is 1. The summed E-state index contributed by atoms with van der Waals surface area (Å²) in [6.07, 6.45) is 43.8. The van der Waals surface area contributed by atoms with Crippen LogP contribution in [0.25, 0.3) is 32.0 Å². The van der Waals surface area contributed by atoms with Gasteiger partial charge in [0, 0.05) is 114 Å². The van der Waals surface area contributed by atoms with Crippen LogP contribution in [-0.4, -0.2) is 84.5 Å². The molecule has 15 heterocycles. The van der Waals surface area contributed by atoms with Crippen LogP contribution in [0.1, 0.15) is 0 Å². The maximum atomic E-state index is 4.58. The Hall–Kier alpha value is -11.6. The zero-order valence-corrected chi connectivity index (χ0v) is 51.1. The van der Waals surface area contributed by atoms with E-state index in [1.54, 1.807) is 170 Å². The molecule has 18 aromatic rings. The van der Waals surface area contributed by atoms with Gasteiger partial charge in [-0.05, 0) is 136 Å². The Morgan fingerprint density at radius 2 is 1.11 bits per heavy atom. The number of imidazole rings is 3. The van der Waals surface area contributed by atoms with Crippen molar-refractivity contribution in [2.75, 3.05) is 0 Å². The molecular formula is C65H65N17O3S4. The Balaban J connectivity index is 0.000000205. The van der Waals surface area contributed by atoms with Crippen molar-refractivity contribution >= 4 is 77.6 Å². The van der Waals surface area contributed by atoms with E-state index in [2.05, 4.69) is 152 Å². The molecule has 0 saturated carbocycles. The summed E-state index contributed by atoms with van der Waals surface area (Å²) in [7, 11) is 0. The number of fused-ring (bicyclic) bond motifs is 3. The van der Waals surface area contributed by atoms with Crippen molar-refractivity contribution in [1.29, 1.82) is 0 Å². The fourth-order valence-electron chi connectivity index (χ4n) is 5.43. The van der Waals surface area contributed by atoms with Gasteiger partial charge in [-0.2, -0.15) is 16.4 Å². The number of aromatic amines is 6. The SMILES string of the molecule is c1c[nH]cn1.c1c[nH]cn1.c1cc[nH]c1.c1ccc2[nH]ccc2c1.c1ccc2[nH]cnc2c1.c1ccc2sccc2c1.c1ccncc1.c1ccoc1.c1ccsc1.c1cn[nH]c1.c1cncnc1.c1cnoc1.c1cnsc1.c1cocn1.c1cscn1. The van der Waals surface area contributed by atoms with E-state index in [9.17, 15) is 0 Å². The molecule has 0 unspecified atom stereocenters. The molecule has 0 fully saturated rings. The van der Waals surface area contributed by atoms with E-state index in [1.807, 2.05) is 143 Å². The lowest BCUT2D eigenvalue weighted by Gasteiger charge is -1.83. The van der Waals surface area contributed by atoms with Crippen molar-refractivity contribution in [3.05, 3.63) is 358 Å². The fraction of sp³-hybridized carbons (Fsp3) is 0. The quantitative estimate of drug-likeness (QED) is 0.0824. The third-order valence-electron chi connectivity index (χ3n) is 9.15. The Morgan fingerprint density at radius 1 is 0.371 bits per heavy atom. The van der Waals surface area contributed by atoms with Gasteiger partial charge in [0.25, 0.3) is 0 Å². The minimum Gasteiger partial charge on any atom is -0.473 e. The summed E-state index contributed by atoms with van der Waals surface area (Å²) in [6.45, 7) is 0. The summed E-state index contributed by atoms with van der Waals surface area (Å²) < 4.78 is 18.5. The molecule has 0 aliphatic carbocycles. The maximum absolute atomic E-state index is 4.58. The number of oxazole rings is 1. The molecule has 20 nitrogen and oxygen atoms in total. The smallest absolute Gasteiger partial charge is 0.180 e. The number of para-hydroxylation sites is 3. The van der Waals surface area contributed by atoms with Crippen LogP contribution in [0.4, 0.5) is 0 Å². The lowest BCUT2D eigenvalue weighted by Crippen LogP contribution is -1.66. The number of hydrogen-bond acceptors (Lipinski definition) is 18. The highest BCUT2D eigenvalue weighted by Gasteiger charge is 1.90. The summed E-state index contributed by atoms with van der Waals surface area (Å²) in [6, 6.07) is 53.3. The molecule has 15 aromatic heterocycles. The summed E-state index contributed by atoms with van der Waals surface area (Å²) in [5, 5.41) is 22.2. The van der Waals surface area contributed by atoms with E-state index in [1.165, 1.54) is 57.8 Å². The Kier molecular flexibility index (Phi) is 42.7. The van der Waals surface area contributed by atoms with Crippen molar-refractivity contribution in [3.63, 3.8) is 0 Å². The zero-order valence-electron chi connectivity index (χ0n) is 47.8. The Morgan fingerprint density at radius 3 is 1.48 bits per heavy atom. The van der Waals surface area contributed by atoms with Crippen LogP contribution in [0.5, 0.6) is 0 Å². The molecule has 0 aliphatic heterocycles. The van der Waals surface area contributed by atoms with Gasteiger partial charge in [-0.25, -0.2) is 34.3 Å². The van der Waals surface area contributed by atoms with E-state index in [0.29, 0.717) is 0 Å². The lowest BCUT2D eigenvalue weighted by molar-refractivity contribution is 0.420. The molecule has 18 rings (SSSR count). The summed E-state index contributed by atoms with van der Waals surface area (Å²) in [4.78, 5) is 44.3. The molecule has 6 N–H and O–H groups in total. The fourth-order valence-corrected chi connectivity index (χ4v) is 7.37. The average Bonchev–Trinajstić information content (AvgIpc) is 4.65. The zero-order chi connectivity index (χ0) is 62.2. The molecule has 0 amide bonds. The molecule has 89 heavy (non-hydrogen) atoms. The number of H-pyrrole nitrogens is 6. The van der Waals surface area contributed by atoms with Crippen molar-refractivity contribution < 1.29 is 13.4 Å². The molecule has 0 radical (unpaired) electrons. The number of thiophene rings is 2. The number of rotatable bonds is 0. The minimum absolute atomic E-state index is 1.03. The van der Waals surface area contributed by atoms with E-state index < -0.39 is 0 Å². The van der Waals surface area contributed by atoms with Crippen LogP contribution in [0, 0.1) is 0 Å². The second-order valence-electron chi connectivity index (χ2n) is 15.4. The molecule has 0 atom stereocenters. The number of thiazole rings is 1. The van der Waals surface area contributed by atoms with E-state index >= 15 is 0 Å². The van der Waals surface area contributed by atoms with Gasteiger partial charge >= 0.3 is 0 Å². The average molecular weight is 1260 g/mol. The van der Waals surface area contributed by atoms with Crippen LogP contribution in [0.2, 0.25) is 0 Å². The highest BCUT2D eigenvalue weighted by Crippen LogP contribution is 2.19. The first kappa shape index (κ1) is 69.9. The van der Waals surface area contributed by atoms with Gasteiger partial charge in [-0.3, -0.25) is 15.1 Å². The van der Waals surface area contributed by atoms with Crippen molar-refractivity contribution in [2.45, 2.75) is 0 Å². The van der Waals surface area contributed by atoms with Gasteiger partial charge in [0.05, 0.1) is 60.4 Å². The predicted molar refractivity (Wildman–Crippen MR) is 359 cm³/mol. The number of nitrogens with zero attached hydrogens (tertiary/aromatic N) is 11. The molecular weight excluding hydrogens is 1200 g/mol. The van der Waals surface area contributed by atoms with Crippen LogP contribution < -0.4 is 0 Å². The summed E-state index contributed by atoms with van der Waals surface area (Å²) >= 11 is 6.57. The molecule has 0 spiro atoms. The van der Waals surface area contributed by atoms with Gasteiger partial charge < -0.3 is 38.3 Å². The minimum atomic E-state index is 1.03. The second kappa shape index (κ2) is 54.4. The molecule has 3 aromatic carbocycles. The first-order chi connectivity index (χ1) is 44.4. The van der Waals surface area contributed by atoms with Crippen LogP contribution in [0.3, 0.4) is 0 Å². The first-order valence-corrected chi connectivity index (χ1v) is 30.0. The summed E-state index contributed by atoms with van der Waals surface area (Å²) in [5.74, 6) is 0. The van der Waals surface area contributed by atoms with E-state index in [-0.39, 0.29) is 0 Å². The van der Waals surface area contributed by atoms with Crippen LogP contribution in [-0.2, 0) is 0 Å². The molecule has 0 saturated heterocycles. The standard InChI is InChI=1S/C8H7N.C8H6S.C7H6N2.C5H5N.C4H4N2.C4H5N.C4H4O.C4H4S.3C3H4N2.2C3H3NO.2C3H3NS/c2*1-2-4-8-7(3-1)5-6-9-8;1-2-4-7-6(3-1)8-5-9-7;1-2-4-6-5-3-1;1-2-5-4-6-3-1;3*1-2-4-5-3-1;2*1-2-5-3-4-1;1-2-4-5-3-1;1-2-5-3-4-1;1-2-4-5-3-1;1-2-5-3-4-1;1-2-4-5-3-1/h1-6,9H;1-6H;1-5H,(H,8,9);1-5H;1-4H;1-5H;2*1-4H;3*1-3H,(H,4,5);4*1-3H. The normalized spacial score (nSPS) is 8.67. The number of benzene rings is 3. The lowest BCUT2D eigenvalue weighted by atomic mass is 10.3. The summed E-state index contributed by atoms with van der Waals surface area (Å²) in [5.41, 5.74) is 5.12. The molecule has 24 heteroatoms. The first-order valence-electron chi connectivity index (χ1n) is 26.4. The Labute approximate surface area is 530 Å². The number of nitrogens with one attached hydrogen (secondary N) is 6. The number of hydrogen-bond donors (Lipinski definition) is 6. The molecule has 452 valence electrons. The van der Waals surface area contributed by atoms with Crippen molar-refractivity contribution in [3.8, 4) is 0 Å². The topological polar surface area (TPSA) is 276 Å². The Bertz CT molecular complexity index is 2990. The highest BCUT2D eigenvalue weighted by molar-refractivity contribution is 7.17. The van der Waals surface area contributed by atoms with Gasteiger partial charge in [0.1, 0.15) is 18.9 Å². The monoisotopic (exact) mass is 1260 g/mol. The number of aromatic nitrogens is 17. The van der Waals surface area contributed by atoms with Gasteiger partial charge in [0.15, 0.2) is 6.39 Å². The van der Waals surface area contributed by atoms with Gasteiger partial charge in [-0.1, -0.05) is 71.9 Å². The molecule has 0 aliphatic rings. The predicted octanol–water partition coefficient (Wildman–Crippen LogP) is 17.1. The van der Waals surface area contributed by atoms with Gasteiger partial charge in [-0.15, -0.1) is 22.7 Å².